The Morgan fingerprint density at radius 1 is 0.891 bits per heavy atom. The van der Waals surface area contributed by atoms with E-state index in [1.165, 1.54) is 72.7 Å². The number of likely N-dealkylation sites (tertiary alicyclic amines) is 1. The van der Waals surface area contributed by atoms with Crippen LogP contribution in [0.2, 0.25) is 5.02 Å². The Morgan fingerprint density at radius 3 is 2.04 bits per heavy atom. The first-order valence-electron chi connectivity index (χ1n) is 16.0. The Kier molecular flexibility index (Phi) is 9.71. The van der Waals surface area contributed by atoms with Crippen LogP contribution in [-0.4, -0.2) is 51.0 Å². The summed E-state index contributed by atoms with van der Waals surface area (Å²) in [4.78, 5) is 15.0. The van der Waals surface area contributed by atoms with Crippen LogP contribution < -0.4 is 15.2 Å². The van der Waals surface area contributed by atoms with Crippen LogP contribution >= 0.6 is 11.6 Å². The van der Waals surface area contributed by atoms with E-state index in [0.29, 0.717) is 28.9 Å². The summed E-state index contributed by atoms with van der Waals surface area (Å²) in [6.45, 7) is 0.978. The van der Waals surface area contributed by atoms with Gasteiger partial charge in [-0.05, 0) is 91.0 Å². The maximum atomic E-state index is 16.5. The number of hydrogen-bond donors (Lipinski definition) is 2. The number of nitrogens with two attached hydrogens (primary N) is 1. The molecule has 46 heavy (non-hydrogen) atoms. The van der Waals surface area contributed by atoms with Gasteiger partial charge in [-0.1, -0.05) is 67.3 Å². The monoisotopic (exact) mass is 671 g/mol. The molecule has 1 heterocycles. The number of sulfonamides is 1. The van der Waals surface area contributed by atoms with Crippen molar-refractivity contribution in [3.05, 3.63) is 83.4 Å². The van der Waals surface area contributed by atoms with Gasteiger partial charge in [-0.2, -0.15) is 13.5 Å². The number of ether oxygens (including phenoxy) is 1. The Morgan fingerprint density at radius 2 is 1.46 bits per heavy atom. The molecule has 2 bridgehead atoms. The molecule has 246 valence electrons. The standard InChI is InChI=1S/C35H40ClF2N3O4S/c36-29-14-10-25(11-15-29)24-8-12-28(13-9-24)35(37,38)33(34(42)41-20-26-6-7-27(21-41)32(26)39)40-46(43,44)31-18-16-30(17-19-31)45-22-23-4-2-1-3-5-23/h8-19,23,26-27,32-33,40H,1-7,20-22,39H2/t26?,27?,32?,33-/m1/s1. The summed E-state index contributed by atoms with van der Waals surface area (Å²) in [6.07, 6.45) is 7.43. The lowest BCUT2D eigenvalue weighted by atomic mass is 9.90. The van der Waals surface area contributed by atoms with E-state index in [1.807, 2.05) is 0 Å². The highest BCUT2D eigenvalue weighted by molar-refractivity contribution is 7.89. The predicted molar refractivity (Wildman–Crippen MR) is 174 cm³/mol. The van der Waals surface area contributed by atoms with Crippen LogP contribution in [0.25, 0.3) is 11.1 Å². The third kappa shape index (κ3) is 7.10. The molecule has 1 saturated heterocycles. The summed E-state index contributed by atoms with van der Waals surface area (Å²) >= 11 is 5.99. The van der Waals surface area contributed by atoms with E-state index in [4.69, 9.17) is 22.1 Å². The number of halogens is 3. The fourth-order valence-electron chi connectivity index (χ4n) is 7.11. The summed E-state index contributed by atoms with van der Waals surface area (Å²) < 4.78 is 68.1. The van der Waals surface area contributed by atoms with Crippen LogP contribution in [0.4, 0.5) is 8.78 Å². The molecule has 3 aliphatic rings. The lowest BCUT2D eigenvalue weighted by molar-refractivity contribution is -0.146. The minimum absolute atomic E-state index is 0.00612. The molecule has 3 fully saturated rings. The molecule has 2 unspecified atom stereocenters. The summed E-state index contributed by atoms with van der Waals surface area (Å²) in [7, 11) is -4.53. The number of nitrogens with one attached hydrogen (secondary N) is 1. The second kappa shape index (κ2) is 13.6. The Bertz CT molecular complexity index is 1600. The molecule has 3 atom stereocenters. The number of hydrogen-bond acceptors (Lipinski definition) is 5. The number of benzene rings is 3. The van der Waals surface area contributed by atoms with Gasteiger partial charge in [0.05, 0.1) is 11.5 Å². The van der Waals surface area contributed by atoms with Crippen LogP contribution in [0.5, 0.6) is 5.75 Å². The van der Waals surface area contributed by atoms with Crippen molar-refractivity contribution in [2.45, 2.75) is 67.8 Å². The van der Waals surface area contributed by atoms with Crippen molar-refractivity contribution in [2.75, 3.05) is 19.7 Å². The van der Waals surface area contributed by atoms with Gasteiger partial charge in [-0.3, -0.25) is 4.79 Å². The van der Waals surface area contributed by atoms with Gasteiger partial charge >= 0.3 is 0 Å². The predicted octanol–water partition coefficient (Wildman–Crippen LogP) is 6.60. The third-order valence-corrected chi connectivity index (χ3v) is 11.6. The van der Waals surface area contributed by atoms with E-state index in [9.17, 15) is 13.2 Å². The number of carbonyl (C=O) groups excluding carboxylic acids is 1. The van der Waals surface area contributed by atoms with Crippen molar-refractivity contribution in [1.29, 1.82) is 0 Å². The van der Waals surface area contributed by atoms with Crippen LogP contribution in [0.3, 0.4) is 0 Å². The molecule has 2 aliphatic carbocycles. The molecule has 6 rings (SSSR count). The van der Waals surface area contributed by atoms with Crippen LogP contribution in [0, 0.1) is 17.8 Å². The fourth-order valence-corrected chi connectivity index (χ4v) is 8.42. The molecule has 1 amide bonds. The lowest BCUT2D eigenvalue weighted by Crippen LogP contribution is -2.60. The molecule has 0 spiro atoms. The molecule has 0 radical (unpaired) electrons. The summed E-state index contributed by atoms with van der Waals surface area (Å²) in [5.74, 6) is -3.88. The molecule has 3 aromatic carbocycles. The number of nitrogens with zero attached hydrogens (tertiary/aromatic N) is 1. The molecular weight excluding hydrogens is 632 g/mol. The van der Waals surface area contributed by atoms with Crippen LogP contribution in [0.15, 0.2) is 77.7 Å². The van der Waals surface area contributed by atoms with Crippen molar-refractivity contribution >= 4 is 27.5 Å². The third-order valence-electron chi connectivity index (χ3n) is 9.89. The van der Waals surface area contributed by atoms with E-state index in [2.05, 4.69) is 4.72 Å². The lowest BCUT2D eigenvalue weighted by Gasteiger charge is -2.39. The number of carbonyl (C=O) groups is 1. The summed E-state index contributed by atoms with van der Waals surface area (Å²) in [5, 5.41) is 0.550. The highest BCUT2D eigenvalue weighted by Gasteiger charge is 2.52. The van der Waals surface area contributed by atoms with Gasteiger partial charge in [0.2, 0.25) is 15.9 Å². The van der Waals surface area contributed by atoms with Crippen LogP contribution in [-0.2, 0) is 20.7 Å². The van der Waals surface area contributed by atoms with Gasteiger partial charge in [0.25, 0.3) is 5.92 Å². The number of amides is 1. The second-order valence-corrected chi connectivity index (χ2v) is 15.1. The Labute approximate surface area is 274 Å². The van der Waals surface area contributed by atoms with Crippen molar-refractivity contribution in [3.63, 3.8) is 0 Å². The molecule has 0 aromatic heterocycles. The van der Waals surface area contributed by atoms with E-state index in [0.717, 1.165) is 31.2 Å². The molecule has 7 nitrogen and oxygen atoms in total. The first-order chi connectivity index (χ1) is 22.0. The number of fused-ring (bicyclic) bond motifs is 2. The van der Waals surface area contributed by atoms with Crippen molar-refractivity contribution < 1.29 is 26.7 Å². The SMILES string of the molecule is NC1C2CCC1CN(C(=O)[C@@H](NS(=O)(=O)c1ccc(OCC3CCCCC3)cc1)C(F)(F)c1ccc(-c3ccc(Cl)cc3)cc1)C2. The van der Waals surface area contributed by atoms with E-state index in [1.54, 1.807) is 24.3 Å². The van der Waals surface area contributed by atoms with E-state index < -0.39 is 33.5 Å². The Hall–Kier alpha value is -3.05. The van der Waals surface area contributed by atoms with Gasteiger partial charge in [0.15, 0.2) is 6.04 Å². The zero-order valence-electron chi connectivity index (χ0n) is 25.6. The average molecular weight is 672 g/mol. The molecule has 3 N–H and O–H groups in total. The highest BCUT2D eigenvalue weighted by atomic mass is 35.5. The average Bonchev–Trinajstić information content (AvgIpc) is 3.25. The molecular formula is C35H40ClF2N3O4S. The largest absolute Gasteiger partial charge is 0.493 e. The summed E-state index contributed by atoms with van der Waals surface area (Å²) in [6, 6.07) is 15.7. The number of alkyl halides is 2. The first-order valence-corrected chi connectivity index (χ1v) is 17.9. The zero-order valence-corrected chi connectivity index (χ0v) is 27.2. The van der Waals surface area contributed by atoms with E-state index >= 15 is 8.78 Å². The molecule has 2 saturated carbocycles. The van der Waals surface area contributed by atoms with Gasteiger partial charge in [-0.15, -0.1) is 0 Å². The number of piperidine rings is 1. The quantitative estimate of drug-likeness (QED) is 0.253. The Balaban J connectivity index is 1.24. The zero-order chi connectivity index (χ0) is 32.5. The minimum atomic E-state index is -4.53. The van der Waals surface area contributed by atoms with Gasteiger partial charge in [0, 0.05) is 29.7 Å². The van der Waals surface area contributed by atoms with Crippen molar-refractivity contribution in [2.24, 2.45) is 23.5 Å². The van der Waals surface area contributed by atoms with Crippen molar-refractivity contribution in [3.8, 4) is 16.9 Å². The fraction of sp³-hybridized carbons (Fsp3) is 0.457. The van der Waals surface area contributed by atoms with Gasteiger partial charge in [-0.25, -0.2) is 8.42 Å². The smallest absolute Gasteiger partial charge is 0.298 e. The molecule has 11 heteroatoms. The topological polar surface area (TPSA) is 102 Å². The first kappa shape index (κ1) is 32.9. The van der Waals surface area contributed by atoms with Gasteiger partial charge < -0.3 is 15.4 Å². The van der Waals surface area contributed by atoms with E-state index in [-0.39, 0.29) is 35.9 Å². The maximum Gasteiger partial charge on any atom is 0.298 e. The maximum absolute atomic E-state index is 16.5. The second-order valence-electron chi connectivity index (χ2n) is 13.0. The summed E-state index contributed by atoms with van der Waals surface area (Å²) in [5.41, 5.74) is 7.28. The minimum Gasteiger partial charge on any atom is -0.493 e. The highest BCUT2D eigenvalue weighted by Crippen LogP contribution is 2.39. The van der Waals surface area contributed by atoms with Crippen molar-refractivity contribution in [1.82, 2.24) is 9.62 Å². The molecule has 3 aromatic rings. The van der Waals surface area contributed by atoms with Crippen LogP contribution in [0.1, 0.15) is 50.5 Å². The molecule has 1 aliphatic heterocycles. The van der Waals surface area contributed by atoms with Gasteiger partial charge in [0.1, 0.15) is 5.75 Å². The number of rotatable bonds is 10. The normalized spacial score (nSPS) is 22.9.